The van der Waals surface area contributed by atoms with Crippen LogP contribution in [0.5, 0.6) is 0 Å². The highest BCUT2D eigenvalue weighted by atomic mass is 32.2. The zero-order valence-corrected chi connectivity index (χ0v) is 18.8. The molecule has 0 amide bonds. The third-order valence-electron chi connectivity index (χ3n) is 6.03. The van der Waals surface area contributed by atoms with Crippen molar-refractivity contribution in [1.82, 2.24) is 4.57 Å². The highest BCUT2D eigenvalue weighted by Gasteiger charge is 2.33. The predicted octanol–water partition coefficient (Wildman–Crippen LogP) is 5.61. The molecule has 4 nitrogen and oxygen atoms in total. The second-order valence-corrected chi connectivity index (χ2v) is 9.42. The number of thioether (sulfide) groups is 1. The summed E-state index contributed by atoms with van der Waals surface area (Å²) in [5, 5.41) is 12.8. The van der Waals surface area contributed by atoms with Gasteiger partial charge in [0.1, 0.15) is 6.04 Å². The van der Waals surface area contributed by atoms with Crippen LogP contribution in [0.4, 0.5) is 0 Å². The summed E-state index contributed by atoms with van der Waals surface area (Å²) in [5.41, 5.74) is 6.11. The molecule has 0 aliphatic carbocycles. The number of benzene rings is 3. The van der Waals surface area contributed by atoms with Crippen molar-refractivity contribution in [1.29, 1.82) is 0 Å². The van der Waals surface area contributed by atoms with E-state index in [9.17, 15) is 14.7 Å². The minimum Gasteiger partial charge on any atom is -0.480 e. The van der Waals surface area contributed by atoms with Crippen LogP contribution in [-0.2, 0) is 11.2 Å². The second kappa shape index (κ2) is 7.99. The summed E-state index contributed by atoms with van der Waals surface area (Å²) in [6, 6.07) is 21.7. The van der Waals surface area contributed by atoms with E-state index in [-0.39, 0.29) is 5.56 Å². The van der Waals surface area contributed by atoms with Gasteiger partial charge in [0.25, 0.3) is 5.56 Å². The number of aliphatic carboxylic acids is 1. The van der Waals surface area contributed by atoms with Gasteiger partial charge in [0.2, 0.25) is 0 Å². The van der Waals surface area contributed by atoms with Crippen molar-refractivity contribution in [3.8, 4) is 11.1 Å². The van der Waals surface area contributed by atoms with Crippen molar-refractivity contribution < 1.29 is 9.90 Å². The van der Waals surface area contributed by atoms with Gasteiger partial charge in [-0.3, -0.25) is 9.36 Å². The van der Waals surface area contributed by atoms with Gasteiger partial charge in [-0.2, -0.15) is 0 Å². The number of carbonyl (C=O) groups is 1. The molecule has 0 saturated carbocycles. The van der Waals surface area contributed by atoms with Crippen LogP contribution < -0.4 is 5.56 Å². The number of carboxylic acid groups (broad SMARTS) is 1. The van der Waals surface area contributed by atoms with Gasteiger partial charge >= 0.3 is 5.97 Å². The van der Waals surface area contributed by atoms with Gasteiger partial charge in [-0.1, -0.05) is 71.8 Å². The van der Waals surface area contributed by atoms with E-state index in [1.54, 1.807) is 6.07 Å². The zero-order chi connectivity index (χ0) is 22.4. The van der Waals surface area contributed by atoms with Crippen LogP contribution >= 0.6 is 11.8 Å². The number of aryl methyl sites for hydroxylation is 2. The molecule has 1 aromatic heterocycles. The number of aromatic nitrogens is 1. The first kappa shape index (κ1) is 20.6. The monoisotopic (exact) mass is 441 g/mol. The number of fused-ring (bicyclic) bond motifs is 2. The Bertz CT molecular complexity index is 1410. The lowest BCUT2D eigenvalue weighted by Crippen LogP contribution is -2.29. The lowest BCUT2D eigenvalue weighted by molar-refractivity contribution is -0.140. The van der Waals surface area contributed by atoms with Crippen molar-refractivity contribution in [2.24, 2.45) is 0 Å². The van der Waals surface area contributed by atoms with Crippen LogP contribution in [0.2, 0.25) is 0 Å². The quantitative estimate of drug-likeness (QED) is 0.447. The van der Waals surface area contributed by atoms with Gasteiger partial charge in [-0.25, -0.2) is 4.79 Å². The topological polar surface area (TPSA) is 59.3 Å². The average molecular weight is 442 g/mol. The molecule has 1 aliphatic rings. The molecule has 0 spiro atoms. The Morgan fingerprint density at radius 2 is 1.72 bits per heavy atom. The summed E-state index contributed by atoms with van der Waals surface area (Å²) in [6.45, 7) is 4.12. The van der Waals surface area contributed by atoms with Gasteiger partial charge in [0, 0.05) is 17.4 Å². The Labute approximate surface area is 190 Å². The second-order valence-electron chi connectivity index (χ2n) is 8.41. The third kappa shape index (κ3) is 3.53. The number of nitrogens with zero attached hydrogens (tertiary/aromatic N) is 1. The number of carboxylic acids is 1. The Morgan fingerprint density at radius 1 is 1.00 bits per heavy atom. The van der Waals surface area contributed by atoms with Crippen LogP contribution in [0, 0.1) is 13.8 Å². The molecule has 5 heteroatoms. The van der Waals surface area contributed by atoms with Gasteiger partial charge in [-0.05, 0) is 47.7 Å². The Hall–Kier alpha value is -3.31. The lowest BCUT2D eigenvalue weighted by atomic mass is 9.92. The molecule has 3 aromatic carbocycles. The minimum absolute atomic E-state index is 0.249. The molecule has 1 aliphatic heterocycles. The third-order valence-corrected chi connectivity index (χ3v) is 7.19. The predicted molar refractivity (Wildman–Crippen MR) is 130 cm³/mol. The first-order valence-electron chi connectivity index (χ1n) is 10.6. The largest absolute Gasteiger partial charge is 0.480 e. The van der Waals surface area contributed by atoms with E-state index in [1.165, 1.54) is 16.3 Å². The first-order chi connectivity index (χ1) is 15.4. The van der Waals surface area contributed by atoms with Gasteiger partial charge in [0.05, 0.1) is 5.03 Å². The number of hydrogen-bond donors (Lipinski definition) is 1. The summed E-state index contributed by atoms with van der Waals surface area (Å²) in [4.78, 5) is 24.9. The molecule has 1 unspecified atom stereocenters. The average Bonchev–Trinajstić information content (AvgIpc) is 3.19. The van der Waals surface area contributed by atoms with E-state index in [4.69, 9.17) is 0 Å². The van der Waals surface area contributed by atoms with Gasteiger partial charge in [0.15, 0.2) is 0 Å². The summed E-state index contributed by atoms with van der Waals surface area (Å²) in [7, 11) is 0. The van der Waals surface area contributed by atoms with Crippen LogP contribution in [0.15, 0.2) is 76.6 Å². The Balaban J connectivity index is 1.76. The zero-order valence-electron chi connectivity index (χ0n) is 18.0. The van der Waals surface area contributed by atoms with E-state index < -0.39 is 12.0 Å². The van der Waals surface area contributed by atoms with E-state index in [1.807, 2.05) is 18.2 Å². The van der Waals surface area contributed by atoms with Crippen molar-refractivity contribution in [3.63, 3.8) is 0 Å². The fourth-order valence-corrected chi connectivity index (χ4v) is 6.08. The Morgan fingerprint density at radius 3 is 2.47 bits per heavy atom. The highest BCUT2D eigenvalue weighted by molar-refractivity contribution is 7.99. The van der Waals surface area contributed by atoms with E-state index in [0.29, 0.717) is 12.2 Å². The van der Waals surface area contributed by atoms with E-state index in [2.05, 4.69) is 56.3 Å². The van der Waals surface area contributed by atoms with Crippen molar-refractivity contribution in [2.75, 3.05) is 5.75 Å². The fraction of sp³-hybridized carbons (Fsp3) is 0.185. The molecular weight excluding hydrogens is 418 g/mol. The molecule has 0 saturated heterocycles. The molecule has 0 radical (unpaired) electrons. The van der Waals surface area contributed by atoms with E-state index in [0.717, 1.165) is 49.2 Å². The minimum atomic E-state index is -0.966. The molecule has 4 aromatic rings. The molecule has 0 fully saturated rings. The van der Waals surface area contributed by atoms with E-state index >= 15 is 0 Å². The molecule has 1 N–H and O–H groups in total. The molecule has 32 heavy (non-hydrogen) atoms. The Kier molecular flexibility index (Phi) is 5.14. The van der Waals surface area contributed by atoms with Crippen molar-refractivity contribution >= 4 is 28.5 Å². The number of rotatable bonds is 4. The lowest BCUT2D eigenvalue weighted by Gasteiger charge is -2.18. The molecular formula is C27H23NO3S. The van der Waals surface area contributed by atoms with Crippen molar-refractivity contribution in [2.45, 2.75) is 31.3 Å². The normalized spacial score (nSPS) is 15.1. The highest BCUT2D eigenvalue weighted by Crippen LogP contribution is 2.42. The van der Waals surface area contributed by atoms with Crippen LogP contribution in [0.1, 0.15) is 28.3 Å². The molecule has 1 atom stereocenters. The molecule has 5 rings (SSSR count). The number of pyridine rings is 1. The smallest absolute Gasteiger partial charge is 0.327 e. The maximum atomic E-state index is 13.1. The van der Waals surface area contributed by atoms with Gasteiger partial charge in [-0.15, -0.1) is 11.8 Å². The summed E-state index contributed by atoms with van der Waals surface area (Å²) < 4.78 is 1.46. The summed E-state index contributed by atoms with van der Waals surface area (Å²) in [6.07, 6.45) is 0.602. The fourth-order valence-electron chi connectivity index (χ4n) is 4.72. The SMILES string of the molecule is Cc1cc(C)cc(-c2c(Cc3cccc4ccccc34)cc(=O)n3c2SCC3C(=O)O)c1. The standard InChI is InChI=1S/C27H23NO3S/c1-16-10-17(2)12-20(11-16)25-21(13-19-8-5-7-18-6-3-4-9-22(18)19)14-24(29)28-23(27(30)31)15-32-26(25)28/h3-12,14,23H,13,15H2,1-2H3,(H,30,31). The van der Waals surface area contributed by atoms with Crippen LogP contribution in [0.3, 0.4) is 0 Å². The van der Waals surface area contributed by atoms with Crippen LogP contribution in [-0.4, -0.2) is 21.4 Å². The summed E-state index contributed by atoms with van der Waals surface area (Å²) in [5.74, 6) is -0.605. The maximum Gasteiger partial charge on any atom is 0.327 e. The maximum absolute atomic E-state index is 13.1. The molecule has 0 bridgehead atoms. The molecule has 160 valence electrons. The van der Waals surface area contributed by atoms with Gasteiger partial charge < -0.3 is 5.11 Å². The summed E-state index contributed by atoms with van der Waals surface area (Å²) >= 11 is 1.46. The number of hydrogen-bond acceptors (Lipinski definition) is 3. The van der Waals surface area contributed by atoms with Crippen molar-refractivity contribution in [3.05, 3.63) is 99.3 Å². The van der Waals surface area contributed by atoms with Crippen LogP contribution in [0.25, 0.3) is 21.9 Å². The molecule has 2 heterocycles. The first-order valence-corrected chi connectivity index (χ1v) is 11.6.